The van der Waals surface area contributed by atoms with Crippen LogP contribution in [-0.2, 0) is 11.2 Å². The van der Waals surface area contributed by atoms with Gasteiger partial charge in [-0.25, -0.2) is 0 Å². The summed E-state index contributed by atoms with van der Waals surface area (Å²) in [7, 11) is 0. The molecule has 0 spiro atoms. The Morgan fingerprint density at radius 1 is 1.57 bits per heavy atom. The maximum atomic E-state index is 5.79. The Morgan fingerprint density at radius 2 is 2.36 bits per heavy atom. The Hall–Kier alpha value is -0.610. The van der Waals surface area contributed by atoms with Crippen LogP contribution in [0.25, 0.3) is 0 Å². The number of hydrogen-bond acceptors (Lipinski definition) is 4. The maximum Gasteiger partial charge on any atom is 0.226 e. The van der Waals surface area contributed by atoms with Gasteiger partial charge in [0.25, 0.3) is 0 Å². The second-order valence-corrected chi connectivity index (χ2v) is 3.62. The van der Waals surface area contributed by atoms with Crippen LogP contribution in [0, 0.1) is 0 Å². The first-order valence-electron chi connectivity index (χ1n) is 4.78. The lowest BCUT2D eigenvalue weighted by Crippen LogP contribution is -1.96. The lowest BCUT2D eigenvalue weighted by molar-refractivity contribution is 0.143. The molecule has 1 atom stereocenters. The van der Waals surface area contributed by atoms with E-state index in [0.29, 0.717) is 11.7 Å². The van der Waals surface area contributed by atoms with Crippen LogP contribution in [0.3, 0.4) is 0 Å². The van der Waals surface area contributed by atoms with E-state index in [1.54, 1.807) is 0 Å². The molecule has 0 saturated heterocycles. The number of ether oxygens (including phenoxy) is 1. The van der Waals surface area contributed by atoms with Crippen LogP contribution in [0.15, 0.2) is 4.52 Å². The van der Waals surface area contributed by atoms with Gasteiger partial charge in [-0.3, -0.25) is 0 Å². The van der Waals surface area contributed by atoms with Crippen LogP contribution in [0.4, 0.5) is 0 Å². The van der Waals surface area contributed by atoms with Crippen LogP contribution in [0.5, 0.6) is 0 Å². The molecule has 5 heteroatoms. The fourth-order valence-corrected chi connectivity index (χ4v) is 1.09. The molecule has 1 heterocycles. The predicted octanol–water partition coefficient (Wildman–Crippen LogP) is 2.34. The molecule has 0 fully saturated rings. The highest BCUT2D eigenvalue weighted by atomic mass is 35.5. The number of halogens is 1. The van der Waals surface area contributed by atoms with Gasteiger partial charge >= 0.3 is 0 Å². The molecule has 0 N–H and O–H groups in total. The standard InChI is InChI=1S/C9H15ClN2O2/c1-3-13-6-4-5-8-11-9(7(2)10)12-14-8/h7H,3-6H2,1-2H3. The van der Waals surface area contributed by atoms with E-state index < -0.39 is 0 Å². The summed E-state index contributed by atoms with van der Waals surface area (Å²) >= 11 is 5.79. The van der Waals surface area contributed by atoms with Gasteiger partial charge in [-0.15, -0.1) is 11.6 Å². The van der Waals surface area contributed by atoms with Crippen LogP contribution in [-0.4, -0.2) is 23.4 Å². The Morgan fingerprint density at radius 3 is 2.93 bits per heavy atom. The van der Waals surface area contributed by atoms with Crippen molar-refractivity contribution in [1.82, 2.24) is 10.1 Å². The minimum atomic E-state index is -0.195. The third-order valence-electron chi connectivity index (χ3n) is 1.72. The molecule has 1 rings (SSSR count). The van der Waals surface area contributed by atoms with E-state index in [0.717, 1.165) is 26.1 Å². The highest BCUT2D eigenvalue weighted by Gasteiger charge is 2.10. The lowest BCUT2D eigenvalue weighted by atomic mass is 10.3. The Bertz CT molecular complexity index is 263. The number of nitrogens with zero attached hydrogens (tertiary/aromatic N) is 2. The van der Waals surface area contributed by atoms with Crippen molar-refractivity contribution in [3.05, 3.63) is 11.7 Å². The fourth-order valence-electron chi connectivity index (χ4n) is 1.00. The summed E-state index contributed by atoms with van der Waals surface area (Å²) in [5.41, 5.74) is 0. The molecule has 14 heavy (non-hydrogen) atoms. The second kappa shape index (κ2) is 5.98. The van der Waals surface area contributed by atoms with Gasteiger partial charge in [0, 0.05) is 19.6 Å². The van der Waals surface area contributed by atoms with Crippen LogP contribution >= 0.6 is 11.6 Å². The number of hydrogen-bond donors (Lipinski definition) is 0. The van der Waals surface area contributed by atoms with Gasteiger partial charge in [-0.2, -0.15) is 4.98 Å². The Kier molecular flexibility index (Phi) is 4.90. The number of aryl methyl sites for hydroxylation is 1. The molecule has 0 aliphatic heterocycles. The van der Waals surface area contributed by atoms with E-state index in [-0.39, 0.29) is 5.38 Å². The van der Waals surface area contributed by atoms with E-state index in [1.807, 2.05) is 13.8 Å². The largest absolute Gasteiger partial charge is 0.382 e. The first-order chi connectivity index (χ1) is 6.74. The SMILES string of the molecule is CCOCCCc1nc(C(C)Cl)no1. The third kappa shape index (κ3) is 3.64. The Balaban J connectivity index is 2.29. The zero-order valence-electron chi connectivity index (χ0n) is 8.49. The molecule has 0 aliphatic carbocycles. The van der Waals surface area contributed by atoms with Gasteiger partial charge in [-0.1, -0.05) is 5.16 Å². The molecule has 1 aromatic rings. The van der Waals surface area contributed by atoms with Crippen molar-refractivity contribution in [2.24, 2.45) is 0 Å². The zero-order valence-corrected chi connectivity index (χ0v) is 9.25. The minimum Gasteiger partial charge on any atom is -0.382 e. The van der Waals surface area contributed by atoms with Crippen LogP contribution < -0.4 is 0 Å². The molecule has 0 amide bonds. The molecule has 4 nitrogen and oxygen atoms in total. The molecular weight excluding hydrogens is 204 g/mol. The topological polar surface area (TPSA) is 48.2 Å². The van der Waals surface area contributed by atoms with Gasteiger partial charge < -0.3 is 9.26 Å². The van der Waals surface area contributed by atoms with E-state index in [1.165, 1.54) is 0 Å². The third-order valence-corrected chi connectivity index (χ3v) is 1.92. The fraction of sp³-hybridized carbons (Fsp3) is 0.778. The molecule has 80 valence electrons. The normalized spacial score (nSPS) is 13.1. The Labute approximate surface area is 88.6 Å². The lowest BCUT2D eigenvalue weighted by Gasteiger charge is -1.96. The van der Waals surface area contributed by atoms with Gasteiger partial charge in [0.05, 0.1) is 5.38 Å². The van der Waals surface area contributed by atoms with Crippen molar-refractivity contribution < 1.29 is 9.26 Å². The summed E-state index contributed by atoms with van der Waals surface area (Å²) < 4.78 is 10.2. The van der Waals surface area contributed by atoms with Crippen molar-refractivity contribution in [3.63, 3.8) is 0 Å². The smallest absolute Gasteiger partial charge is 0.226 e. The molecule has 0 bridgehead atoms. The molecule has 0 saturated carbocycles. The molecule has 0 aliphatic rings. The number of alkyl halides is 1. The van der Waals surface area contributed by atoms with Gasteiger partial charge in [-0.05, 0) is 20.3 Å². The molecule has 1 aromatic heterocycles. The second-order valence-electron chi connectivity index (χ2n) is 2.96. The zero-order chi connectivity index (χ0) is 10.4. The van der Waals surface area contributed by atoms with Crippen molar-refractivity contribution in [3.8, 4) is 0 Å². The minimum absolute atomic E-state index is 0.195. The van der Waals surface area contributed by atoms with Crippen molar-refractivity contribution in [1.29, 1.82) is 0 Å². The van der Waals surface area contributed by atoms with E-state index in [9.17, 15) is 0 Å². The number of aromatic nitrogens is 2. The van der Waals surface area contributed by atoms with Crippen molar-refractivity contribution >= 4 is 11.6 Å². The summed E-state index contributed by atoms with van der Waals surface area (Å²) in [6, 6.07) is 0. The summed E-state index contributed by atoms with van der Waals surface area (Å²) in [6.07, 6.45) is 1.64. The first-order valence-corrected chi connectivity index (χ1v) is 5.22. The number of rotatable bonds is 6. The monoisotopic (exact) mass is 218 g/mol. The maximum absolute atomic E-state index is 5.79. The van der Waals surface area contributed by atoms with Crippen molar-refractivity contribution in [2.45, 2.75) is 32.1 Å². The highest BCUT2D eigenvalue weighted by molar-refractivity contribution is 6.20. The van der Waals surface area contributed by atoms with E-state index >= 15 is 0 Å². The predicted molar refractivity (Wildman–Crippen MR) is 53.4 cm³/mol. The van der Waals surface area contributed by atoms with Crippen molar-refractivity contribution in [2.75, 3.05) is 13.2 Å². The van der Waals surface area contributed by atoms with Crippen LogP contribution in [0.1, 0.15) is 37.4 Å². The molecular formula is C9H15ClN2O2. The van der Waals surface area contributed by atoms with Crippen LogP contribution in [0.2, 0.25) is 0 Å². The quantitative estimate of drug-likeness (QED) is 0.543. The average Bonchev–Trinajstić information content (AvgIpc) is 2.61. The van der Waals surface area contributed by atoms with Gasteiger partial charge in [0.15, 0.2) is 5.82 Å². The highest BCUT2D eigenvalue weighted by Crippen LogP contribution is 2.15. The molecule has 0 aromatic carbocycles. The summed E-state index contributed by atoms with van der Waals surface area (Å²) in [5, 5.41) is 3.56. The molecule has 0 radical (unpaired) electrons. The van der Waals surface area contributed by atoms with Gasteiger partial charge in [0.1, 0.15) is 0 Å². The average molecular weight is 219 g/mol. The van der Waals surface area contributed by atoms with E-state index in [4.69, 9.17) is 20.9 Å². The summed E-state index contributed by atoms with van der Waals surface area (Å²) in [4.78, 5) is 4.14. The summed E-state index contributed by atoms with van der Waals surface area (Å²) in [5.74, 6) is 1.19. The summed E-state index contributed by atoms with van der Waals surface area (Å²) in [6.45, 7) is 5.26. The van der Waals surface area contributed by atoms with Gasteiger partial charge in [0.2, 0.25) is 5.89 Å². The van der Waals surface area contributed by atoms with E-state index in [2.05, 4.69) is 10.1 Å². The first kappa shape index (κ1) is 11.5. The molecule has 1 unspecified atom stereocenters.